The summed E-state index contributed by atoms with van der Waals surface area (Å²) in [5.74, 6) is 1.17. The van der Waals surface area contributed by atoms with E-state index in [1.165, 1.54) is 37.0 Å². The number of benzene rings is 1. The van der Waals surface area contributed by atoms with Crippen LogP contribution in [0.4, 0.5) is 0 Å². The topological polar surface area (TPSA) is 35.2 Å². The number of hydrogen-bond donors (Lipinski definition) is 1. The molecule has 0 aromatic heterocycles. The third-order valence-corrected chi connectivity index (χ3v) is 5.17. The van der Waals surface area contributed by atoms with Gasteiger partial charge in [0.15, 0.2) is 0 Å². The molecule has 3 aliphatic carbocycles. The molecule has 0 unspecified atom stereocenters. The smallest absolute Gasteiger partial charge is 0.123 e. The fourth-order valence-electron chi connectivity index (χ4n) is 3.75. The van der Waals surface area contributed by atoms with Crippen molar-refractivity contribution in [1.29, 1.82) is 0 Å². The average molecular weight is 243 g/mol. The molecule has 0 saturated heterocycles. The van der Waals surface area contributed by atoms with Crippen molar-refractivity contribution in [2.45, 2.75) is 63.0 Å². The van der Waals surface area contributed by atoms with E-state index in [1.54, 1.807) is 11.1 Å². The molecule has 0 amide bonds. The predicted molar refractivity (Wildman–Crippen MR) is 72.0 cm³/mol. The molecular formula is C16H21NO. The molecule has 1 spiro atoms. The third kappa shape index (κ3) is 1.45. The quantitative estimate of drug-likeness (QED) is 0.867. The first kappa shape index (κ1) is 10.9. The first-order valence-electron chi connectivity index (χ1n) is 7.23. The van der Waals surface area contributed by atoms with E-state index in [1.807, 2.05) is 0 Å². The maximum absolute atomic E-state index is 6.21. The minimum atomic E-state index is 0.364. The first-order chi connectivity index (χ1) is 8.68. The molecule has 0 radical (unpaired) electrons. The number of hydrogen-bond acceptors (Lipinski definition) is 2. The fourth-order valence-corrected chi connectivity index (χ4v) is 3.75. The third-order valence-electron chi connectivity index (χ3n) is 5.17. The highest BCUT2D eigenvalue weighted by atomic mass is 16.5. The van der Waals surface area contributed by atoms with E-state index in [0.717, 1.165) is 12.8 Å². The molecule has 2 N–H and O–H groups in total. The fraction of sp³-hybridized carbons (Fsp3) is 0.625. The summed E-state index contributed by atoms with van der Waals surface area (Å²) in [5, 5.41) is 0. The number of aryl methyl sites for hydroxylation is 1. The molecule has 2 nitrogen and oxygen atoms in total. The van der Waals surface area contributed by atoms with Gasteiger partial charge in [0, 0.05) is 11.6 Å². The van der Waals surface area contributed by atoms with Crippen molar-refractivity contribution < 1.29 is 4.74 Å². The van der Waals surface area contributed by atoms with Gasteiger partial charge in [-0.2, -0.15) is 0 Å². The SMILES string of the molecule is Cc1ccc(OC2CC(N)C2)c2c1CCC21CC1. The largest absolute Gasteiger partial charge is 0.490 e. The van der Waals surface area contributed by atoms with Crippen LogP contribution in [-0.4, -0.2) is 12.1 Å². The van der Waals surface area contributed by atoms with Gasteiger partial charge in [0.2, 0.25) is 0 Å². The lowest BCUT2D eigenvalue weighted by atomic mass is 9.89. The minimum absolute atomic E-state index is 0.364. The highest BCUT2D eigenvalue weighted by Gasteiger charge is 2.51. The van der Waals surface area contributed by atoms with E-state index >= 15 is 0 Å². The van der Waals surface area contributed by atoms with Crippen LogP contribution in [0.25, 0.3) is 0 Å². The second-order valence-electron chi connectivity index (χ2n) is 6.49. The minimum Gasteiger partial charge on any atom is -0.490 e. The van der Waals surface area contributed by atoms with Crippen LogP contribution in [-0.2, 0) is 11.8 Å². The average Bonchev–Trinajstić information content (AvgIpc) is 2.96. The van der Waals surface area contributed by atoms with Crippen LogP contribution >= 0.6 is 0 Å². The Kier molecular flexibility index (Phi) is 2.12. The lowest BCUT2D eigenvalue weighted by Crippen LogP contribution is -2.43. The van der Waals surface area contributed by atoms with Gasteiger partial charge >= 0.3 is 0 Å². The summed E-state index contributed by atoms with van der Waals surface area (Å²) in [5.41, 5.74) is 10.9. The normalized spacial score (nSPS) is 31.0. The van der Waals surface area contributed by atoms with Crippen molar-refractivity contribution in [1.82, 2.24) is 0 Å². The zero-order valence-electron chi connectivity index (χ0n) is 11.0. The zero-order chi connectivity index (χ0) is 12.3. The van der Waals surface area contributed by atoms with Gasteiger partial charge in [-0.15, -0.1) is 0 Å². The molecule has 2 heteroatoms. The van der Waals surface area contributed by atoms with Crippen LogP contribution in [0.2, 0.25) is 0 Å². The van der Waals surface area contributed by atoms with E-state index in [2.05, 4.69) is 19.1 Å². The summed E-state index contributed by atoms with van der Waals surface area (Å²) < 4.78 is 6.21. The summed E-state index contributed by atoms with van der Waals surface area (Å²) in [6, 6.07) is 4.79. The second kappa shape index (κ2) is 3.51. The number of nitrogens with two attached hydrogens (primary N) is 1. The standard InChI is InChI=1S/C16H21NO/c1-10-2-3-14(18-12-8-11(17)9-12)15-13(10)4-5-16(15)6-7-16/h2-3,11-12H,4-9,17H2,1H3. The highest BCUT2D eigenvalue weighted by Crippen LogP contribution is 2.60. The van der Waals surface area contributed by atoms with Crippen molar-refractivity contribution in [3.8, 4) is 5.75 Å². The van der Waals surface area contributed by atoms with E-state index < -0.39 is 0 Å². The Morgan fingerprint density at radius 2 is 2.00 bits per heavy atom. The molecule has 1 aromatic rings. The Bertz CT molecular complexity index is 498. The summed E-state index contributed by atoms with van der Waals surface area (Å²) >= 11 is 0. The van der Waals surface area contributed by atoms with Crippen molar-refractivity contribution in [3.63, 3.8) is 0 Å². The van der Waals surface area contributed by atoms with Crippen LogP contribution in [0.1, 0.15) is 48.8 Å². The molecule has 2 fully saturated rings. The van der Waals surface area contributed by atoms with Gasteiger partial charge in [-0.05, 0) is 68.1 Å². The summed E-state index contributed by atoms with van der Waals surface area (Å²) in [6.07, 6.45) is 7.73. The Morgan fingerprint density at radius 1 is 1.22 bits per heavy atom. The molecular weight excluding hydrogens is 222 g/mol. The molecule has 0 aliphatic heterocycles. The molecule has 1 aromatic carbocycles. The van der Waals surface area contributed by atoms with Crippen molar-refractivity contribution in [3.05, 3.63) is 28.8 Å². The summed E-state index contributed by atoms with van der Waals surface area (Å²) in [6.45, 7) is 2.24. The molecule has 4 rings (SSSR count). The lowest BCUT2D eigenvalue weighted by Gasteiger charge is -2.33. The van der Waals surface area contributed by atoms with Crippen LogP contribution in [0.5, 0.6) is 5.75 Å². The van der Waals surface area contributed by atoms with Gasteiger partial charge in [-0.3, -0.25) is 0 Å². The van der Waals surface area contributed by atoms with Gasteiger partial charge in [-0.1, -0.05) is 6.07 Å². The van der Waals surface area contributed by atoms with Crippen molar-refractivity contribution in [2.75, 3.05) is 0 Å². The second-order valence-corrected chi connectivity index (χ2v) is 6.49. The highest BCUT2D eigenvalue weighted by molar-refractivity contribution is 5.55. The van der Waals surface area contributed by atoms with Crippen molar-refractivity contribution >= 4 is 0 Å². The molecule has 0 heterocycles. The first-order valence-corrected chi connectivity index (χ1v) is 7.23. The Morgan fingerprint density at radius 3 is 2.67 bits per heavy atom. The van der Waals surface area contributed by atoms with E-state index in [4.69, 9.17) is 10.5 Å². The number of fused-ring (bicyclic) bond motifs is 2. The molecule has 18 heavy (non-hydrogen) atoms. The number of ether oxygens (including phenoxy) is 1. The summed E-state index contributed by atoms with van der Waals surface area (Å²) in [4.78, 5) is 0. The van der Waals surface area contributed by atoms with Crippen LogP contribution < -0.4 is 10.5 Å². The van der Waals surface area contributed by atoms with Gasteiger partial charge in [0.1, 0.15) is 11.9 Å². The lowest BCUT2D eigenvalue weighted by molar-refractivity contribution is 0.0992. The molecule has 96 valence electrons. The van der Waals surface area contributed by atoms with Gasteiger partial charge < -0.3 is 10.5 Å². The summed E-state index contributed by atoms with van der Waals surface area (Å²) in [7, 11) is 0. The maximum Gasteiger partial charge on any atom is 0.123 e. The van der Waals surface area contributed by atoms with Gasteiger partial charge in [0.25, 0.3) is 0 Å². The monoisotopic (exact) mass is 243 g/mol. The number of rotatable bonds is 2. The Hall–Kier alpha value is -1.02. The van der Waals surface area contributed by atoms with Crippen LogP contribution in [0.3, 0.4) is 0 Å². The van der Waals surface area contributed by atoms with E-state index in [9.17, 15) is 0 Å². The van der Waals surface area contributed by atoms with Crippen LogP contribution in [0.15, 0.2) is 12.1 Å². The van der Waals surface area contributed by atoms with Crippen molar-refractivity contribution in [2.24, 2.45) is 5.73 Å². The Labute approximate surface area is 109 Å². The van der Waals surface area contributed by atoms with E-state index in [-0.39, 0.29) is 0 Å². The molecule has 2 saturated carbocycles. The predicted octanol–water partition coefficient (Wildman–Crippen LogP) is 2.84. The molecule has 0 bridgehead atoms. The molecule has 0 atom stereocenters. The van der Waals surface area contributed by atoms with Gasteiger partial charge in [-0.25, -0.2) is 0 Å². The maximum atomic E-state index is 6.21. The Balaban J connectivity index is 1.69. The van der Waals surface area contributed by atoms with E-state index in [0.29, 0.717) is 17.6 Å². The zero-order valence-corrected chi connectivity index (χ0v) is 11.0. The van der Waals surface area contributed by atoms with Gasteiger partial charge in [0.05, 0.1) is 0 Å². The molecule has 3 aliphatic rings. The van der Waals surface area contributed by atoms with Crippen LogP contribution in [0, 0.1) is 6.92 Å².